The van der Waals surface area contributed by atoms with Crippen molar-refractivity contribution >= 4 is 34.5 Å². The van der Waals surface area contributed by atoms with Crippen molar-refractivity contribution in [3.8, 4) is 0 Å². The minimum atomic E-state index is -0.221. The first kappa shape index (κ1) is 14.8. The number of halogens is 2. The normalized spacial score (nSPS) is 10.3. The molecule has 0 saturated carbocycles. The maximum absolute atomic E-state index is 12.8. The van der Waals surface area contributed by atoms with Crippen molar-refractivity contribution in [3.63, 3.8) is 0 Å². The summed E-state index contributed by atoms with van der Waals surface area (Å²) in [5, 5.41) is 3.78. The number of nitrogens with one attached hydrogen (secondary N) is 1. The molecule has 0 spiro atoms. The third-order valence-corrected chi connectivity index (χ3v) is 3.42. The van der Waals surface area contributed by atoms with Crippen LogP contribution < -0.4 is 11.1 Å². The van der Waals surface area contributed by atoms with Gasteiger partial charge in [0.25, 0.3) is 0 Å². The monoisotopic (exact) mass is 308 g/mol. The summed E-state index contributed by atoms with van der Waals surface area (Å²) in [5.74, 6) is -0.221. The summed E-state index contributed by atoms with van der Waals surface area (Å²) >= 11 is 11.0. The summed E-state index contributed by atoms with van der Waals surface area (Å²) in [4.78, 5) is 0.285. The molecule has 0 atom stereocenters. The molecule has 0 heterocycles. The van der Waals surface area contributed by atoms with Gasteiger partial charge in [-0.1, -0.05) is 36.0 Å². The lowest BCUT2D eigenvalue weighted by molar-refractivity contribution is 0.627. The number of rotatable bonds is 5. The molecule has 0 aliphatic heterocycles. The number of hydrogen-bond acceptors (Lipinski definition) is 2. The summed E-state index contributed by atoms with van der Waals surface area (Å²) in [6.07, 6.45) is 0.801. The van der Waals surface area contributed by atoms with Gasteiger partial charge in [0.05, 0.1) is 5.02 Å². The van der Waals surface area contributed by atoms with Crippen molar-refractivity contribution in [2.75, 3.05) is 11.9 Å². The molecule has 0 unspecified atom stereocenters. The van der Waals surface area contributed by atoms with Crippen molar-refractivity contribution in [1.82, 2.24) is 0 Å². The Balaban J connectivity index is 1.92. The minimum absolute atomic E-state index is 0.221. The lowest BCUT2D eigenvalue weighted by Crippen LogP contribution is -2.10. The van der Waals surface area contributed by atoms with Crippen LogP contribution in [0.2, 0.25) is 5.02 Å². The van der Waals surface area contributed by atoms with Gasteiger partial charge in [0.2, 0.25) is 0 Å². The fraction of sp³-hybridized carbons (Fsp3) is 0.133. The molecule has 0 aliphatic rings. The maximum atomic E-state index is 12.8. The van der Waals surface area contributed by atoms with E-state index in [-0.39, 0.29) is 10.8 Å². The van der Waals surface area contributed by atoms with Crippen LogP contribution in [0.3, 0.4) is 0 Å². The van der Waals surface area contributed by atoms with E-state index in [0.29, 0.717) is 10.6 Å². The van der Waals surface area contributed by atoms with E-state index in [4.69, 9.17) is 29.6 Å². The van der Waals surface area contributed by atoms with Crippen molar-refractivity contribution in [2.24, 2.45) is 5.73 Å². The Morgan fingerprint density at radius 3 is 2.50 bits per heavy atom. The summed E-state index contributed by atoms with van der Waals surface area (Å²) in [7, 11) is 0. The second kappa shape index (κ2) is 6.68. The molecule has 0 fully saturated rings. The molecule has 0 aromatic heterocycles. The summed E-state index contributed by atoms with van der Waals surface area (Å²) in [5.41, 5.74) is 8.19. The minimum Gasteiger partial charge on any atom is -0.389 e. The van der Waals surface area contributed by atoms with Crippen molar-refractivity contribution in [3.05, 3.63) is 64.4 Å². The Hall–Kier alpha value is -1.65. The fourth-order valence-electron chi connectivity index (χ4n) is 1.83. The van der Waals surface area contributed by atoms with E-state index in [1.165, 1.54) is 12.1 Å². The lowest BCUT2D eigenvalue weighted by Gasteiger charge is -2.09. The van der Waals surface area contributed by atoms with Crippen molar-refractivity contribution in [2.45, 2.75) is 6.42 Å². The molecule has 2 aromatic rings. The first-order valence-corrected chi connectivity index (χ1v) is 6.92. The molecule has 0 saturated heterocycles. The van der Waals surface area contributed by atoms with Gasteiger partial charge in [0.1, 0.15) is 10.8 Å². The van der Waals surface area contributed by atoms with Crippen LogP contribution in [0.5, 0.6) is 0 Å². The van der Waals surface area contributed by atoms with Gasteiger partial charge in [-0.15, -0.1) is 0 Å². The average Bonchev–Trinajstić information content (AvgIpc) is 2.41. The van der Waals surface area contributed by atoms with Crippen LogP contribution >= 0.6 is 23.8 Å². The van der Waals surface area contributed by atoms with Gasteiger partial charge in [-0.25, -0.2) is 4.39 Å². The van der Waals surface area contributed by atoms with E-state index in [9.17, 15) is 4.39 Å². The SMILES string of the molecule is NC(=S)c1ccc(NCCc2ccc(F)cc2)cc1Cl. The molecule has 0 bridgehead atoms. The van der Waals surface area contributed by atoms with Gasteiger partial charge in [-0.05, 0) is 42.3 Å². The van der Waals surface area contributed by atoms with Crippen LogP contribution in [0.4, 0.5) is 10.1 Å². The number of anilines is 1. The third kappa shape index (κ3) is 3.92. The molecular formula is C15H14ClFN2S. The smallest absolute Gasteiger partial charge is 0.123 e. The number of benzene rings is 2. The molecule has 0 radical (unpaired) electrons. The van der Waals surface area contributed by atoms with E-state index in [0.717, 1.165) is 24.2 Å². The number of thiocarbonyl (C=S) groups is 1. The van der Waals surface area contributed by atoms with Crippen LogP contribution in [-0.2, 0) is 6.42 Å². The molecule has 20 heavy (non-hydrogen) atoms. The predicted molar refractivity (Wildman–Crippen MR) is 85.9 cm³/mol. The predicted octanol–water partition coefficient (Wildman–Crippen LogP) is 3.77. The zero-order chi connectivity index (χ0) is 14.5. The Kier molecular flexibility index (Phi) is 4.93. The topological polar surface area (TPSA) is 38.0 Å². The first-order valence-electron chi connectivity index (χ1n) is 6.14. The van der Waals surface area contributed by atoms with Crippen molar-refractivity contribution in [1.29, 1.82) is 0 Å². The van der Waals surface area contributed by atoms with Gasteiger partial charge < -0.3 is 11.1 Å². The van der Waals surface area contributed by atoms with Crippen LogP contribution in [0.1, 0.15) is 11.1 Å². The Bertz CT molecular complexity index is 614. The van der Waals surface area contributed by atoms with Gasteiger partial charge in [-0.3, -0.25) is 0 Å². The zero-order valence-corrected chi connectivity index (χ0v) is 12.3. The third-order valence-electron chi connectivity index (χ3n) is 2.89. The van der Waals surface area contributed by atoms with Gasteiger partial charge in [-0.2, -0.15) is 0 Å². The molecule has 2 rings (SSSR count). The lowest BCUT2D eigenvalue weighted by atomic mass is 10.1. The summed E-state index contributed by atoms with van der Waals surface area (Å²) in [6.45, 7) is 0.731. The van der Waals surface area contributed by atoms with Gasteiger partial charge in [0, 0.05) is 17.8 Å². The molecule has 2 aromatic carbocycles. The van der Waals surface area contributed by atoms with E-state index < -0.39 is 0 Å². The highest BCUT2D eigenvalue weighted by Gasteiger charge is 2.04. The molecular weight excluding hydrogens is 295 g/mol. The Morgan fingerprint density at radius 1 is 1.20 bits per heavy atom. The zero-order valence-electron chi connectivity index (χ0n) is 10.7. The van der Waals surface area contributed by atoms with E-state index in [1.54, 1.807) is 24.3 Å². The average molecular weight is 309 g/mol. The van der Waals surface area contributed by atoms with Crippen LogP contribution in [0.25, 0.3) is 0 Å². The molecule has 0 amide bonds. The fourth-order valence-corrected chi connectivity index (χ4v) is 2.34. The summed E-state index contributed by atoms with van der Waals surface area (Å²) in [6, 6.07) is 11.9. The standard InChI is InChI=1S/C15H14ClFN2S/c16-14-9-12(5-6-13(14)15(18)20)19-8-7-10-1-3-11(17)4-2-10/h1-6,9,19H,7-8H2,(H2,18,20). The maximum Gasteiger partial charge on any atom is 0.123 e. The second-order valence-electron chi connectivity index (χ2n) is 4.36. The van der Waals surface area contributed by atoms with Gasteiger partial charge in [0.15, 0.2) is 0 Å². The van der Waals surface area contributed by atoms with E-state index >= 15 is 0 Å². The quantitative estimate of drug-likeness (QED) is 0.826. The number of hydrogen-bond donors (Lipinski definition) is 2. The van der Waals surface area contributed by atoms with Crippen LogP contribution in [0, 0.1) is 5.82 Å². The van der Waals surface area contributed by atoms with Crippen LogP contribution in [-0.4, -0.2) is 11.5 Å². The highest BCUT2D eigenvalue weighted by atomic mass is 35.5. The summed E-state index contributed by atoms with van der Waals surface area (Å²) < 4.78 is 12.8. The molecule has 0 aliphatic carbocycles. The van der Waals surface area contributed by atoms with Gasteiger partial charge >= 0.3 is 0 Å². The molecule has 3 N–H and O–H groups in total. The highest BCUT2D eigenvalue weighted by molar-refractivity contribution is 7.80. The molecule has 2 nitrogen and oxygen atoms in total. The number of nitrogens with two attached hydrogens (primary N) is 1. The molecule has 5 heteroatoms. The van der Waals surface area contributed by atoms with E-state index in [1.807, 2.05) is 6.07 Å². The molecule has 104 valence electrons. The van der Waals surface area contributed by atoms with Crippen LogP contribution in [0.15, 0.2) is 42.5 Å². The van der Waals surface area contributed by atoms with Crippen molar-refractivity contribution < 1.29 is 4.39 Å². The Morgan fingerprint density at radius 2 is 1.90 bits per heavy atom. The first-order chi connectivity index (χ1) is 9.56. The largest absolute Gasteiger partial charge is 0.389 e. The Labute approximate surface area is 127 Å². The van der Waals surface area contributed by atoms with E-state index in [2.05, 4.69) is 5.32 Å². The second-order valence-corrected chi connectivity index (χ2v) is 5.21. The highest BCUT2D eigenvalue weighted by Crippen LogP contribution is 2.21.